The van der Waals surface area contributed by atoms with Gasteiger partial charge in [0.15, 0.2) is 14.7 Å². The summed E-state index contributed by atoms with van der Waals surface area (Å²) < 4.78 is 5.29. The van der Waals surface area contributed by atoms with Gasteiger partial charge < -0.3 is 4.74 Å². The van der Waals surface area contributed by atoms with Gasteiger partial charge in [-0.05, 0) is 55.5 Å². The molecule has 1 atom stereocenters. The zero-order valence-electron chi connectivity index (χ0n) is 15.0. The van der Waals surface area contributed by atoms with Crippen molar-refractivity contribution < 1.29 is 9.53 Å². The van der Waals surface area contributed by atoms with E-state index in [9.17, 15) is 4.79 Å². The predicted octanol–water partition coefficient (Wildman–Crippen LogP) is 6.08. The van der Waals surface area contributed by atoms with E-state index in [4.69, 9.17) is 4.74 Å². The summed E-state index contributed by atoms with van der Waals surface area (Å²) in [6.07, 6.45) is 0. The third-order valence-corrected chi connectivity index (χ3v) is 6.52. The molecule has 0 aliphatic carbocycles. The van der Waals surface area contributed by atoms with Crippen molar-refractivity contribution in [1.82, 2.24) is 0 Å². The molecule has 0 saturated heterocycles. The van der Waals surface area contributed by atoms with Crippen LogP contribution in [0.5, 0.6) is 0 Å². The molecule has 0 bridgehead atoms. The largest absolute Gasteiger partial charge is 0.426 e. The lowest BCUT2D eigenvalue weighted by atomic mass is 10.2. The number of alkyl halides is 1. The molecule has 0 saturated carbocycles. The Balaban J connectivity index is 1.90. The first kappa shape index (κ1) is 19.5. The highest BCUT2D eigenvalue weighted by atomic mass is 79.9. The van der Waals surface area contributed by atoms with E-state index in [0.29, 0.717) is 5.76 Å². The van der Waals surface area contributed by atoms with Gasteiger partial charge in [-0.25, -0.2) is 0 Å². The van der Waals surface area contributed by atoms with Gasteiger partial charge in [-0.1, -0.05) is 58.9 Å². The second-order valence-electron chi connectivity index (χ2n) is 5.92. The van der Waals surface area contributed by atoms with Crippen molar-refractivity contribution in [1.29, 1.82) is 0 Å². The molecule has 3 aromatic rings. The quantitative estimate of drug-likeness (QED) is 0.201. The van der Waals surface area contributed by atoms with E-state index in [2.05, 4.69) is 83.2 Å². The van der Waals surface area contributed by atoms with Crippen molar-refractivity contribution in [2.24, 2.45) is 0 Å². The van der Waals surface area contributed by atoms with Gasteiger partial charge in [0.2, 0.25) is 0 Å². The summed E-state index contributed by atoms with van der Waals surface area (Å²) in [6.45, 7) is 5.60. The minimum absolute atomic E-state index is 0.199. The zero-order valence-corrected chi connectivity index (χ0v) is 17.4. The van der Waals surface area contributed by atoms with Crippen LogP contribution in [0.25, 0.3) is 5.76 Å². The lowest BCUT2D eigenvalue weighted by Crippen LogP contribution is -2.12. The molecule has 2 nitrogen and oxygen atoms in total. The molecule has 0 radical (unpaired) electrons. The maximum absolute atomic E-state index is 11.7. The molecule has 136 valence electrons. The number of carbonyl (C=O) groups is 1. The number of benzene rings is 3. The van der Waals surface area contributed by atoms with Gasteiger partial charge in [0, 0.05) is 5.56 Å². The van der Waals surface area contributed by atoms with Crippen LogP contribution in [0, 0.1) is 0 Å². The highest BCUT2D eigenvalue weighted by molar-refractivity contribution is 9.10. The molecule has 1 unspecified atom stereocenters. The smallest absolute Gasteiger partial charge is 0.324 e. The van der Waals surface area contributed by atoms with Crippen LogP contribution in [0.15, 0.2) is 106 Å². The Hall–Kier alpha value is -2.30. The normalized spacial score (nSPS) is 11.8. The third kappa shape index (κ3) is 4.90. The minimum atomic E-state index is -0.365. The van der Waals surface area contributed by atoms with Crippen LogP contribution in [-0.4, -0.2) is 10.8 Å². The van der Waals surface area contributed by atoms with E-state index in [0.717, 1.165) is 5.56 Å². The number of rotatable bonds is 6. The Kier molecular flexibility index (Phi) is 6.54. The average molecular weight is 440 g/mol. The summed E-state index contributed by atoms with van der Waals surface area (Å²) in [6, 6.07) is 29.0. The van der Waals surface area contributed by atoms with Gasteiger partial charge in [-0.2, -0.15) is 0 Å². The summed E-state index contributed by atoms with van der Waals surface area (Å²) in [4.78, 5) is 15.1. The van der Waals surface area contributed by atoms with Crippen LogP contribution in [0.1, 0.15) is 12.5 Å². The lowest BCUT2D eigenvalue weighted by Gasteiger charge is -2.10. The van der Waals surface area contributed by atoms with Gasteiger partial charge in [-0.15, -0.1) is 0 Å². The van der Waals surface area contributed by atoms with Gasteiger partial charge in [0.1, 0.15) is 10.6 Å². The number of ether oxygens (including phenoxy) is 1. The Morgan fingerprint density at radius 3 is 1.74 bits per heavy atom. The minimum Gasteiger partial charge on any atom is -0.426 e. The summed E-state index contributed by atoms with van der Waals surface area (Å²) >= 11 is 3.21. The maximum Gasteiger partial charge on any atom is 0.324 e. The molecule has 3 aromatic carbocycles. The molecular formula is C23H20BrO2S+. The third-order valence-electron chi connectivity index (χ3n) is 3.92. The summed E-state index contributed by atoms with van der Waals surface area (Å²) in [5.74, 6) is 0.00885. The van der Waals surface area contributed by atoms with Gasteiger partial charge >= 0.3 is 5.97 Å². The fraction of sp³-hybridized carbons (Fsp3) is 0.0870. The summed E-state index contributed by atoms with van der Waals surface area (Å²) in [5.41, 5.74) is 0.796. The van der Waals surface area contributed by atoms with Crippen molar-refractivity contribution in [2.45, 2.75) is 26.4 Å². The van der Waals surface area contributed by atoms with Crippen molar-refractivity contribution in [3.63, 3.8) is 0 Å². The van der Waals surface area contributed by atoms with E-state index < -0.39 is 0 Å². The standard InChI is InChI=1S/C23H20BrO2S/c1-17(24)23(25)26-18(2)19-13-15-22(16-14-19)27(20-9-5-3-6-10-20)21-11-7-4-8-12-21/h3-17H,2H2,1H3/q+1. The SMILES string of the molecule is C=C(OC(=O)C(C)Br)c1ccc([S+](c2ccccc2)c2ccccc2)cc1. The Morgan fingerprint density at radius 2 is 1.30 bits per heavy atom. The number of carbonyl (C=O) groups excluding carboxylic acids is 1. The second kappa shape index (κ2) is 9.07. The maximum atomic E-state index is 11.7. The van der Waals surface area contributed by atoms with Crippen molar-refractivity contribution >= 4 is 38.6 Å². The van der Waals surface area contributed by atoms with Gasteiger partial charge in [-0.3, -0.25) is 4.79 Å². The fourth-order valence-electron chi connectivity index (χ4n) is 2.56. The molecule has 0 N–H and O–H groups in total. The predicted molar refractivity (Wildman–Crippen MR) is 115 cm³/mol. The molecule has 0 heterocycles. The molecule has 0 aliphatic heterocycles. The first-order valence-corrected chi connectivity index (χ1v) is 10.7. The van der Waals surface area contributed by atoms with Crippen molar-refractivity contribution in [2.75, 3.05) is 0 Å². The number of hydrogen-bond acceptors (Lipinski definition) is 2. The molecule has 4 heteroatoms. The molecule has 3 rings (SSSR count). The van der Waals surface area contributed by atoms with Gasteiger partial charge in [0.25, 0.3) is 0 Å². The monoisotopic (exact) mass is 439 g/mol. The number of hydrogen-bond donors (Lipinski definition) is 0. The topological polar surface area (TPSA) is 26.3 Å². The van der Waals surface area contributed by atoms with E-state index in [1.165, 1.54) is 14.7 Å². The molecule has 0 fully saturated rings. The molecule has 0 amide bonds. The van der Waals surface area contributed by atoms with Crippen LogP contribution >= 0.6 is 15.9 Å². The summed E-state index contributed by atoms with van der Waals surface area (Å²) in [5, 5.41) is 0. The van der Waals surface area contributed by atoms with Gasteiger partial charge in [0.05, 0.1) is 10.9 Å². The van der Waals surface area contributed by atoms with Crippen LogP contribution in [0.2, 0.25) is 0 Å². The highest BCUT2D eigenvalue weighted by Crippen LogP contribution is 2.31. The Morgan fingerprint density at radius 1 is 0.852 bits per heavy atom. The van der Waals surface area contributed by atoms with E-state index in [1.807, 2.05) is 24.3 Å². The van der Waals surface area contributed by atoms with Crippen molar-refractivity contribution in [3.05, 3.63) is 97.1 Å². The molecule has 0 aliphatic rings. The second-order valence-corrected chi connectivity index (χ2v) is 9.32. The average Bonchev–Trinajstić information content (AvgIpc) is 2.70. The van der Waals surface area contributed by atoms with Crippen LogP contribution in [0.4, 0.5) is 0 Å². The molecule has 27 heavy (non-hydrogen) atoms. The lowest BCUT2D eigenvalue weighted by molar-refractivity contribution is -0.135. The van der Waals surface area contributed by atoms with Crippen LogP contribution < -0.4 is 0 Å². The molecule has 0 spiro atoms. The first-order valence-electron chi connectivity index (χ1n) is 8.56. The van der Waals surface area contributed by atoms with Crippen LogP contribution in [-0.2, 0) is 20.4 Å². The fourth-order valence-corrected chi connectivity index (χ4v) is 4.74. The molecule has 0 aromatic heterocycles. The van der Waals surface area contributed by atoms with E-state index in [-0.39, 0.29) is 21.7 Å². The Labute approximate surface area is 171 Å². The zero-order chi connectivity index (χ0) is 19.2. The highest BCUT2D eigenvalue weighted by Gasteiger charge is 2.28. The first-order chi connectivity index (χ1) is 13.1. The van der Waals surface area contributed by atoms with Crippen molar-refractivity contribution in [3.8, 4) is 0 Å². The summed E-state index contributed by atoms with van der Waals surface area (Å²) in [7, 11) is -0.199. The number of esters is 1. The Bertz CT molecular complexity index is 867. The van der Waals surface area contributed by atoms with Crippen LogP contribution in [0.3, 0.4) is 0 Å². The molecular weight excluding hydrogens is 420 g/mol. The van der Waals surface area contributed by atoms with E-state index >= 15 is 0 Å². The van der Waals surface area contributed by atoms with E-state index in [1.54, 1.807) is 6.92 Å². The number of halogens is 1.